The van der Waals surface area contributed by atoms with Crippen LogP contribution in [0.2, 0.25) is 0 Å². The predicted molar refractivity (Wildman–Crippen MR) is 104 cm³/mol. The highest BCUT2D eigenvalue weighted by atomic mass is 32.2. The third kappa shape index (κ3) is 4.19. The van der Waals surface area contributed by atoms with E-state index in [0.29, 0.717) is 18.2 Å². The van der Waals surface area contributed by atoms with Gasteiger partial charge in [0.05, 0.1) is 12.9 Å². The molecule has 2 heterocycles. The number of rotatable bonds is 9. The third-order valence-corrected chi connectivity index (χ3v) is 5.55. The molecule has 1 aromatic carbocycles. The number of carbonyl (C=O) groups excluding carboxylic acids is 1. The lowest BCUT2D eigenvalue weighted by atomic mass is 10.1. The molecule has 0 saturated heterocycles. The molecular formula is C19H21N5O3S. The highest BCUT2D eigenvalue weighted by Gasteiger charge is 2.30. The van der Waals surface area contributed by atoms with Crippen LogP contribution in [0.25, 0.3) is 11.3 Å². The maximum absolute atomic E-state index is 11.2. The summed E-state index contributed by atoms with van der Waals surface area (Å²) in [6.07, 6.45) is 2.51. The number of hydrogen-bond acceptors (Lipinski definition) is 7. The molecule has 28 heavy (non-hydrogen) atoms. The van der Waals surface area contributed by atoms with Crippen LogP contribution in [0.15, 0.2) is 40.0 Å². The van der Waals surface area contributed by atoms with E-state index in [4.69, 9.17) is 15.0 Å². The Morgan fingerprint density at radius 2 is 2.11 bits per heavy atom. The van der Waals surface area contributed by atoms with Crippen molar-refractivity contribution >= 4 is 17.7 Å². The van der Waals surface area contributed by atoms with Gasteiger partial charge in [0.2, 0.25) is 5.91 Å². The van der Waals surface area contributed by atoms with E-state index in [1.807, 2.05) is 34.9 Å². The number of primary amides is 1. The number of aromatic nitrogens is 4. The molecule has 0 atom stereocenters. The Morgan fingerprint density at radius 1 is 1.32 bits per heavy atom. The van der Waals surface area contributed by atoms with Gasteiger partial charge in [-0.25, -0.2) is 0 Å². The summed E-state index contributed by atoms with van der Waals surface area (Å²) in [6.45, 7) is 0.504. The number of amides is 1. The Labute approximate surface area is 166 Å². The zero-order valence-electron chi connectivity index (χ0n) is 15.5. The fraction of sp³-hybridized carbons (Fsp3) is 0.368. The van der Waals surface area contributed by atoms with E-state index < -0.39 is 0 Å². The number of methoxy groups -OCH3 is 1. The van der Waals surface area contributed by atoms with Crippen molar-refractivity contribution in [3.8, 4) is 17.0 Å². The number of nitrogens with two attached hydrogens (primary N) is 1. The molecule has 146 valence electrons. The molecule has 2 N–H and O–H groups in total. The zero-order chi connectivity index (χ0) is 19.5. The molecule has 3 aromatic rings. The van der Waals surface area contributed by atoms with Gasteiger partial charge in [-0.1, -0.05) is 16.9 Å². The molecule has 1 amide bonds. The highest BCUT2D eigenvalue weighted by molar-refractivity contribution is 7.98. The molecule has 0 bridgehead atoms. The second-order valence-electron chi connectivity index (χ2n) is 6.68. The lowest BCUT2D eigenvalue weighted by Gasteiger charge is -2.07. The van der Waals surface area contributed by atoms with E-state index in [-0.39, 0.29) is 12.3 Å². The minimum absolute atomic E-state index is 0.273. The van der Waals surface area contributed by atoms with Crippen LogP contribution in [0.5, 0.6) is 5.75 Å². The minimum atomic E-state index is -0.328. The van der Waals surface area contributed by atoms with E-state index in [2.05, 4.69) is 15.4 Å². The van der Waals surface area contributed by atoms with Crippen molar-refractivity contribution in [2.24, 2.45) is 5.73 Å². The van der Waals surface area contributed by atoms with Gasteiger partial charge in [0.1, 0.15) is 23.0 Å². The summed E-state index contributed by atoms with van der Waals surface area (Å²) in [4.78, 5) is 11.2. The molecule has 1 aliphatic rings. The highest BCUT2D eigenvalue weighted by Crippen LogP contribution is 2.40. The van der Waals surface area contributed by atoms with Crippen molar-refractivity contribution in [2.75, 3.05) is 7.11 Å². The van der Waals surface area contributed by atoms with Crippen LogP contribution >= 0.6 is 11.8 Å². The quantitative estimate of drug-likeness (QED) is 0.551. The number of benzene rings is 1. The van der Waals surface area contributed by atoms with Gasteiger partial charge in [-0.2, -0.15) is 0 Å². The predicted octanol–water partition coefficient (Wildman–Crippen LogP) is 2.99. The molecule has 9 heteroatoms. The summed E-state index contributed by atoms with van der Waals surface area (Å²) in [5, 5.41) is 13.5. The first-order chi connectivity index (χ1) is 13.6. The van der Waals surface area contributed by atoms with Gasteiger partial charge in [0.25, 0.3) is 0 Å². The molecule has 1 saturated carbocycles. The second-order valence-corrected chi connectivity index (χ2v) is 7.62. The van der Waals surface area contributed by atoms with Gasteiger partial charge in [-0.05, 0) is 37.1 Å². The molecular weight excluding hydrogens is 378 g/mol. The molecule has 0 radical (unpaired) electrons. The molecule has 0 aliphatic heterocycles. The molecule has 1 fully saturated rings. The Morgan fingerprint density at radius 3 is 2.79 bits per heavy atom. The van der Waals surface area contributed by atoms with Gasteiger partial charge < -0.3 is 19.6 Å². The maximum atomic E-state index is 11.2. The summed E-state index contributed by atoms with van der Waals surface area (Å²) < 4.78 is 12.7. The van der Waals surface area contributed by atoms with E-state index in [1.165, 1.54) is 11.8 Å². The SMILES string of the molecule is COc1ccc(-c2cc(CSc3nnc(C4CC4)n3CCC(N)=O)on2)cc1. The fourth-order valence-electron chi connectivity index (χ4n) is 2.90. The van der Waals surface area contributed by atoms with Crippen molar-refractivity contribution in [3.63, 3.8) is 0 Å². The number of ether oxygens (including phenoxy) is 1. The van der Waals surface area contributed by atoms with Crippen molar-refractivity contribution in [1.82, 2.24) is 19.9 Å². The molecule has 1 aliphatic carbocycles. The van der Waals surface area contributed by atoms with E-state index in [0.717, 1.165) is 46.6 Å². The average molecular weight is 399 g/mol. The van der Waals surface area contributed by atoms with Gasteiger partial charge in [0.15, 0.2) is 5.16 Å². The van der Waals surface area contributed by atoms with Crippen LogP contribution in [0.3, 0.4) is 0 Å². The van der Waals surface area contributed by atoms with E-state index in [9.17, 15) is 4.79 Å². The van der Waals surface area contributed by atoms with Crippen LogP contribution < -0.4 is 10.5 Å². The summed E-state index contributed by atoms with van der Waals surface area (Å²) in [5.74, 6) is 3.17. The minimum Gasteiger partial charge on any atom is -0.497 e. The van der Waals surface area contributed by atoms with Crippen molar-refractivity contribution in [2.45, 2.75) is 42.6 Å². The number of hydrogen-bond donors (Lipinski definition) is 1. The van der Waals surface area contributed by atoms with Crippen LogP contribution in [-0.2, 0) is 17.1 Å². The lowest BCUT2D eigenvalue weighted by molar-refractivity contribution is -0.118. The van der Waals surface area contributed by atoms with Gasteiger partial charge in [-0.3, -0.25) is 4.79 Å². The van der Waals surface area contributed by atoms with Crippen LogP contribution in [0.1, 0.15) is 36.8 Å². The first kappa shape index (κ1) is 18.5. The second kappa shape index (κ2) is 8.05. The van der Waals surface area contributed by atoms with Crippen LogP contribution in [0.4, 0.5) is 0 Å². The Hall–Kier alpha value is -2.81. The molecule has 8 nitrogen and oxygen atoms in total. The van der Waals surface area contributed by atoms with Gasteiger partial charge in [-0.15, -0.1) is 10.2 Å². The van der Waals surface area contributed by atoms with Gasteiger partial charge >= 0.3 is 0 Å². The normalized spacial score (nSPS) is 13.6. The smallest absolute Gasteiger partial charge is 0.219 e. The summed E-state index contributed by atoms with van der Waals surface area (Å²) >= 11 is 1.52. The monoisotopic (exact) mass is 399 g/mol. The molecule has 0 spiro atoms. The third-order valence-electron chi connectivity index (χ3n) is 4.56. The molecule has 4 rings (SSSR count). The topological polar surface area (TPSA) is 109 Å². The van der Waals surface area contributed by atoms with E-state index in [1.54, 1.807) is 7.11 Å². The summed E-state index contributed by atoms with van der Waals surface area (Å²) in [7, 11) is 1.64. The summed E-state index contributed by atoms with van der Waals surface area (Å²) in [6, 6.07) is 9.57. The average Bonchev–Trinajstić information content (AvgIpc) is 3.30. The Kier molecular flexibility index (Phi) is 5.34. The molecule has 2 aromatic heterocycles. The van der Waals surface area contributed by atoms with Crippen molar-refractivity contribution in [1.29, 1.82) is 0 Å². The Balaban J connectivity index is 1.44. The van der Waals surface area contributed by atoms with Crippen molar-refractivity contribution < 1.29 is 14.1 Å². The zero-order valence-corrected chi connectivity index (χ0v) is 16.3. The number of nitrogens with zero attached hydrogens (tertiary/aromatic N) is 4. The van der Waals surface area contributed by atoms with Crippen LogP contribution in [-0.4, -0.2) is 32.9 Å². The standard InChI is InChI=1S/C19H21N5O3S/c1-26-14-6-4-12(5-7-14)16-10-15(27-23-16)11-28-19-22-21-18(13-2-3-13)24(19)9-8-17(20)25/h4-7,10,13H,2-3,8-9,11H2,1H3,(H2,20,25). The largest absolute Gasteiger partial charge is 0.497 e. The number of carbonyl (C=O) groups is 1. The van der Waals surface area contributed by atoms with Gasteiger partial charge in [0, 0.05) is 30.5 Å². The summed E-state index contributed by atoms with van der Waals surface area (Å²) in [5.41, 5.74) is 7.04. The van der Waals surface area contributed by atoms with E-state index >= 15 is 0 Å². The fourth-order valence-corrected chi connectivity index (χ4v) is 3.74. The van der Waals surface area contributed by atoms with Crippen molar-refractivity contribution in [3.05, 3.63) is 41.9 Å². The number of thioether (sulfide) groups is 1. The Bertz CT molecular complexity index is 962. The first-order valence-electron chi connectivity index (χ1n) is 9.08. The van der Waals surface area contributed by atoms with Crippen LogP contribution in [0, 0.1) is 0 Å². The first-order valence-corrected chi connectivity index (χ1v) is 10.1. The molecule has 0 unspecified atom stereocenters. The lowest BCUT2D eigenvalue weighted by Crippen LogP contribution is -2.15. The maximum Gasteiger partial charge on any atom is 0.219 e.